The molecule has 4 nitrogen and oxygen atoms in total. The number of benzene rings is 3. The molecule has 0 bridgehead atoms. The molecule has 1 unspecified atom stereocenters. The van der Waals surface area contributed by atoms with Gasteiger partial charge in [-0.15, -0.1) is 0 Å². The average molecular weight is 375 g/mol. The van der Waals surface area contributed by atoms with Crippen molar-refractivity contribution in [3.63, 3.8) is 0 Å². The Balaban J connectivity index is 1.61. The molecule has 1 amide bonds. The third-order valence-electron chi connectivity index (χ3n) is 4.65. The summed E-state index contributed by atoms with van der Waals surface area (Å²) in [6, 6.07) is 24.6. The lowest BCUT2D eigenvalue weighted by molar-refractivity contribution is -0.122. The molecule has 1 atom stereocenters. The molecule has 0 aliphatic heterocycles. The number of carbonyl (C=O) groups is 1. The van der Waals surface area contributed by atoms with Crippen LogP contribution in [0.25, 0.3) is 0 Å². The van der Waals surface area contributed by atoms with E-state index in [4.69, 9.17) is 4.74 Å². The van der Waals surface area contributed by atoms with Crippen LogP contribution in [-0.4, -0.2) is 24.2 Å². The predicted molar refractivity (Wildman–Crippen MR) is 111 cm³/mol. The minimum absolute atomic E-state index is 0.0346. The van der Waals surface area contributed by atoms with Gasteiger partial charge in [0.25, 0.3) is 0 Å². The molecule has 4 heteroatoms. The Morgan fingerprint density at radius 1 is 0.964 bits per heavy atom. The smallest absolute Gasteiger partial charge is 0.227 e. The summed E-state index contributed by atoms with van der Waals surface area (Å²) in [7, 11) is 0. The Hall–Kier alpha value is -3.27. The molecule has 144 valence electrons. The average Bonchev–Trinajstić information content (AvgIpc) is 2.72. The maximum atomic E-state index is 12.9. The largest absolute Gasteiger partial charge is 0.508 e. The van der Waals surface area contributed by atoms with E-state index in [1.165, 1.54) is 0 Å². The summed E-state index contributed by atoms with van der Waals surface area (Å²) in [4.78, 5) is 12.9. The molecule has 3 rings (SSSR count). The third-order valence-corrected chi connectivity index (χ3v) is 4.65. The van der Waals surface area contributed by atoms with Crippen molar-refractivity contribution in [2.75, 3.05) is 13.2 Å². The van der Waals surface area contributed by atoms with Crippen molar-refractivity contribution in [3.8, 4) is 11.5 Å². The number of carbonyl (C=O) groups excluding carboxylic acids is 1. The van der Waals surface area contributed by atoms with Gasteiger partial charge in [0.2, 0.25) is 5.91 Å². The van der Waals surface area contributed by atoms with E-state index in [1.807, 2.05) is 73.7 Å². The summed E-state index contributed by atoms with van der Waals surface area (Å²) in [5.74, 6) is 0.718. The van der Waals surface area contributed by atoms with Crippen LogP contribution in [0, 0.1) is 6.92 Å². The quantitative estimate of drug-likeness (QED) is 0.580. The Labute approximate surface area is 165 Å². The van der Waals surface area contributed by atoms with Gasteiger partial charge in [-0.25, -0.2) is 0 Å². The first kappa shape index (κ1) is 19.5. The fourth-order valence-corrected chi connectivity index (χ4v) is 3.09. The lowest BCUT2D eigenvalue weighted by Gasteiger charge is -2.18. The molecule has 0 spiro atoms. The number of phenolic OH excluding ortho intramolecular Hbond substituents is 1. The highest BCUT2D eigenvalue weighted by Crippen LogP contribution is 2.22. The van der Waals surface area contributed by atoms with Crippen LogP contribution in [0.15, 0.2) is 78.9 Å². The van der Waals surface area contributed by atoms with Crippen molar-refractivity contribution in [3.05, 3.63) is 95.6 Å². The number of hydrogen-bond donors (Lipinski definition) is 2. The standard InChI is InChI=1S/C24H25NO3/c1-18-7-5-6-10-23(18)28-16-15-25-24(27)22(20-8-3-2-4-9-20)17-19-11-13-21(26)14-12-19/h2-14,22,26H,15-17H2,1H3,(H,25,27). The highest BCUT2D eigenvalue weighted by Gasteiger charge is 2.20. The SMILES string of the molecule is Cc1ccccc1OCCNC(=O)C(Cc1ccc(O)cc1)c1ccccc1. The molecule has 0 saturated carbocycles. The molecule has 0 fully saturated rings. The number of aryl methyl sites for hydroxylation is 1. The van der Waals surface area contributed by atoms with Crippen LogP contribution in [-0.2, 0) is 11.2 Å². The van der Waals surface area contributed by atoms with Gasteiger partial charge in [-0.05, 0) is 48.2 Å². The molecule has 0 heterocycles. The van der Waals surface area contributed by atoms with E-state index < -0.39 is 0 Å². The van der Waals surface area contributed by atoms with Crippen molar-refractivity contribution in [2.24, 2.45) is 0 Å². The lowest BCUT2D eigenvalue weighted by Crippen LogP contribution is -2.33. The van der Waals surface area contributed by atoms with Gasteiger partial charge in [-0.1, -0.05) is 60.7 Å². The van der Waals surface area contributed by atoms with Gasteiger partial charge >= 0.3 is 0 Å². The summed E-state index contributed by atoms with van der Waals surface area (Å²) >= 11 is 0. The van der Waals surface area contributed by atoms with Gasteiger partial charge in [0.05, 0.1) is 12.5 Å². The molecular formula is C24H25NO3. The van der Waals surface area contributed by atoms with Crippen molar-refractivity contribution in [1.29, 1.82) is 0 Å². The first-order valence-corrected chi connectivity index (χ1v) is 9.42. The number of phenols is 1. The van der Waals surface area contributed by atoms with Crippen LogP contribution < -0.4 is 10.1 Å². The Morgan fingerprint density at radius 2 is 1.64 bits per heavy atom. The summed E-state index contributed by atoms with van der Waals surface area (Å²) in [5, 5.41) is 12.5. The molecule has 2 N–H and O–H groups in total. The Kier molecular flexibility index (Phi) is 6.68. The lowest BCUT2D eigenvalue weighted by atomic mass is 9.91. The van der Waals surface area contributed by atoms with Crippen LogP contribution >= 0.6 is 0 Å². The highest BCUT2D eigenvalue weighted by atomic mass is 16.5. The topological polar surface area (TPSA) is 58.6 Å². The minimum atomic E-state index is -0.302. The molecule has 0 aromatic heterocycles. The first-order chi connectivity index (χ1) is 13.6. The second-order valence-corrected chi connectivity index (χ2v) is 6.74. The third kappa shape index (κ3) is 5.36. The minimum Gasteiger partial charge on any atom is -0.508 e. The van der Waals surface area contributed by atoms with Gasteiger partial charge in [0.1, 0.15) is 18.1 Å². The highest BCUT2D eigenvalue weighted by molar-refractivity contribution is 5.84. The number of amides is 1. The summed E-state index contributed by atoms with van der Waals surface area (Å²) < 4.78 is 5.76. The number of nitrogens with one attached hydrogen (secondary N) is 1. The zero-order valence-electron chi connectivity index (χ0n) is 16.0. The molecular weight excluding hydrogens is 350 g/mol. The second kappa shape index (κ2) is 9.60. The Bertz CT molecular complexity index is 891. The zero-order chi connectivity index (χ0) is 19.8. The van der Waals surface area contributed by atoms with E-state index in [-0.39, 0.29) is 17.6 Å². The zero-order valence-corrected chi connectivity index (χ0v) is 16.0. The maximum Gasteiger partial charge on any atom is 0.227 e. The van der Waals surface area contributed by atoms with E-state index in [0.29, 0.717) is 19.6 Å². The van der Waals surface area contributed by atoms with Crippen LogP contribution in [0.3, 0.4) is 0 Å². The molecule has 0 radical (unpaired) electrons. The van der Waals surface area contributed by atoms with Gasteiger partial charge < -0.3 is 15.2 Å². The van der Waals surface area contributed by atoms with Gasteiger partial charge in [-0.3, -0.25) is 4.79 Å². The normalized spacial score (nSPS) is 11.6. The number of rotatable bonds is 8. The van der Waals surface area contributed by atoms with Crippen molar-refractivity contribution < 1.29 is 14.6 Å². The molecule has 0 aliphatic rings. The first-order valence-electron chi connectivity index (χ1n) is 9.42. The van der Waals surface area contributed by atoms with Gasteiger partial charge in [-0.2, -0.15) is 0 Å². The van der Waals surface area contributed by atoms with Crippen LogP contribution in [0.1, 0.15) is 22.6 Å². The molecule has 3 aromatic carbocycles. The summed E-state index contributed by atoms with van der Waals surface area (Å²) in [6.45, 7) is 2.85. The monoisotopic (exact) mass is 375 g/mol. The van der Waals surface area contributed by atoms with E-state index >= 15 is 0 Å². The predicted octanol–water partition coefficient (Wildman–Crippen LogP) is 4.22. The fourth-order valence-electron chi connectivity index (χ4n) is 3.09. The fraction of sp³-hybridized carbons (Fsp3) is 0.208. The van der Waals surface area contributed by atoms with E-state index in [2.05, 4.69) is 5.32 Å². The summed E-state index contributed by atoms with van der Waals surface area (Å²) in [6.07, 6.45) is 0.564. The second-order valence-electron chi connectivity index (χ2n) is 6.74. The summed E-state index contributed by atoms with van der Waals surface area (Å²) in [5.41, 5.74) is 3.04. The van der Waals surface area contributed by atoms with Gasteiger partial charge in [0.15, 0.2) is 0 Å². The Morgan fingerprint density at radius 3 is 2.36 bits per heavy atom. The van der Waals surface area contributed by atoms with Crippen molar-refractivity contribution in [1.82, 2.24) is 5.32 Å². The maximum absolute atomic E-state index is 12.9. The van der Waals surface area contributed by atoms with Crippen LogP contribution in [0.2, 0.25) is 0 Å². The molecule has 0 saturated heterocycles. The molecule has 3 aromatic rings. The number of ether oxygens (including phenoxy) is 1. The molecule has 0 aliphatic carbocycles. The van der Waals surface area contributed by atoms with Crippen LogP contribution in [0.4, 0.5) is 0 Å². The van der Waals surface area contributed by atoms with E-state index in [9.17, 15) is 9.90 Å². The number of aromatic hydroxyl groups is 1. The van der Waals surface area contributed by atoms with E-state index in [1.54, 1.807) is 12.1 Å². The number of para-hydroxylation sites is 1. The molecule has 28 heavy (non-hydrogen) atoms. The van der Waals surface area contributed by atoms with Crippen molar-refractivity contribution in [2.45, 2.75) is 19.3 Å². The number of hydrogen-bond acceptors (Lipinski definition) is 3. The van der Waals surface area contributed by atoms with E-state index in [0.717, 1.165) is 22.4 Å². The van der Waals surface area contributed by atoms with Crippen LogP contribution in [0.5, 0.6) is 11.5 Å². The van der Waals surface area contributed by atoms with Gasteiger partial charge in [0, 0.05) is 0 Å². The van der Waals surface area contributed by atoms with Crippen molar-refractivity contribution >= 4 is 5.91 Å².